The standard InChI is InChI=1S/C16H18N2O5S/c1-10-8-12(18(19)20)9-16(11(10)2)24(21,22)17-14-4-3-5-15-13(14)6-7-23-15/h6-9,14,17H,3-5H2,1-2H3/t14-/m0/s1. The summed E-state index contributed by atoms with van der Waals surface area (Å²) >= 11 is 0. The average Bonchev–Trinajstić information content (AvgIpc) is 2.98. The quantitative estimate of drug-likeness (QED) is 0.674. The third-order valence-corrected chi connectivity index (χ3v) is 6.05. The Kier molecular flexibility index (Phi) is 4.18. The van der Waals surface area contributed by atoms with E-state index < -0.39 is 14.9 Å². The molecule has 24 heavy (non-hydrogen) atoms. The molecule has 0 radical (unpaired) electrons. The first kappa shape index (κ1) is 16.7. The summed E-state index contributed by atoms with van der Waals surface area (Å²) in [6.45, 7) is 3.31. The van der Waals surface area contributed by atoms with E-state index in [4.69, 9.17) is 4.42 Å². The predicted molar refractivity (Wildman–Crippen MR) is 87.3 cm³/mol. The molecule has 2 aromatic rings. The fourth-order valence-electron chi connectivity index (χ4n) is 3.05. The van der Waals surface area contributed by atoms with Crippen LogP contribution in [0.15, 0.2) is 33.8 Å². The van der Waals surface area contributed by atoms with Crippen LogP contribution in [0, 0.1) is 24.0 Å². The van der Waals surface area contributed by atoms with Crippen LogP contribution in [0.25, 0.3) is 0 Å². The molecule has 0 saturated carbocycles. The van der Waals surface area contributed by atoms with Gasteiger partial charge < -0.3 is 4.42 Å². The minimum atomic E-state index is -3.89. The van der Waals surface area contributed by atoms with E-state index in [1.165, 1.54) is 6.07 Å². The number of hydrogen-bond acceptors (Lipinski definition) is 5. The van der Waals surface area contributed by atoms with Crippen LogP contribution < -0.4 is 4.72 Å². The van der Waals surface area contributed by atoms with Crippen LogP contribution in [0.5, 0.6) is 0 Å². The predicted octanol–water partition coefficient (Wildman–Crippen LogP) is 3.16. The number of nitrogens with zero attached hydrogens (tertiary/aromatic N) is 1. The van der Waals surface area contributed by atoms with E-state index in [0.29, 0.717) is 17.5 Å². The third kappa shape index (κ3) is 2.94. The lowest BCUT2D eigenvalue weighted by atomic mass is 9.94. The summed E-state index contributed by atoms with van der Waals surface area (Å²) in [5, 5.41) is 11.0. The highest BCUT2D eigenvalue weighted by Gasteiger charge is 2.29. The van der Waals surface area contributed by atoms with E-state index in [9.17, 15) is 18.5 Å². The van der Waals surface area contributed by atoms with Crippen LogP contribution in [0.1, 0.15) is 41.3 Å². The average molecular weight is 350 g/mol. The number of hydrogen-bond donors (Lipinski definition) is 1. The van der Waals surface area contributed by atoms with Crippen LogP contribution in [0.3, 0.4) is 0 Å². The number of non-ortho nitro benzene ring substituents is 1. The van der Waals surface area contributed by atoms with E-state index in [-0.39, 0.29) is 16.6 Å². The molecule has 1 N–H and O–H groups in total. The monoisotopic (exact) mass is 350 g/mol. The molecule has 128 valence electrons. The van der Waals surface area contributed by atoms with Crippen molar-refractivity contribution >= 4 is 15.7 Å². The van der Waals surface area contributed by atoms with Gasteiger partial charge in [-0.1, -0.05) is 0 Å². The number of benzene rings is 1. The van der Waals surface area contributed by atoms with Gasteiger partial charge in [-0.05, 0) is 43.9 Å². The summed E-state index contributed by atoms with van der Waals surface area (Å²) < 4.78 is 33.7. The fraction of sp³-hybridized carbons (Fsp3) is 0.375. The van der Waals surface area contributed by atoms with E-state index in [2.05, 4.69) is 4.72 Å². The summed E-state index contributed by atoms with van der Waals surface area (Å²) in [6, 6.07) is 3.89. The van der Waals surface area contributed by atoms with Crippen LogP contribution in [0.4, 0.5) is 5.69 Å². The molecule has 1 aliphatic carbocycles. The highest BCUT2D eigenvalue weighted by atomic mass is 32.2. The molecule has 8 heteroatoms. The zero-order valence-corrected chi connectivity index (χ0v) is 14.2. The molecule has 0 unspecified atom stereocenters. The van der Waals surface area contributed by atoms with E-state index in [0.717, 1.165) is 30.2 Å². The van der Waals surface area contributed by atoms with Crippen molar-refractivity contribution in [2.45, 2.75) is 44.0 Å². The number of furan rings is 1. The minimum absolute atomic E-state index is 0.0511. The van der Waals surface area contributed by atoms with Crippen LogP contribution in [-0.2, 0) is 16.4 Å². The lowest BCUT2D eigenvalue weighted by Crippen LogP contribution is -2.31. The maximum absolute atomic E-state index is 12.8. The zero-order chi connectivity index (χ0) is 17.5. The third-order valence-electron chi connectivity index (χ3n) is 4.45. The van der Waals surface area contributed by atoms with Crippen molar-refractivity contribution in [3.63, 3.8) is 0 Å². The normalized spacial score (nSPS) is 17.5. The Labute approximate surface area is 139 Å². The first-order chi connectivity index (χ1) is 11.3. The summed E-state index contributed by atoms with van der Waals surface area (Å²) in [5.41, 5.74) is 1.68. The van der Waals surface area contributed by atoms with Gasteiger partial charge >= 0.3 is 0 Å². The Bertz CT molecular complexity index is 901. The molecule has 0 spiro atoms. The van der Waals surface area contributed by atoms with Gasteiger partial charge in [0.25, 0.3) is 5.69 Å². The highest BCUT2D eigenvalue weighted by molar-refractivity contribution is 7.89. The first-order valence-electron chi connectivity index (χ1n) is 7.64. The molecular formula is C16H18N2O5S. The zero-order valence-electron chi connectivity index (χ0n) is 13.4. The molecule has 1 heterocycles. The van der Waals surface area contributed by atoms with Crippen molar-refractivity contribution in [2.24, 2.45) is 0 Å². The lowest BCUT2D eigenvalue weighted by Gasteiger charge is -2.23. The number of nitro groups is 1. The SMILES string of the molecule is Cc1cc([N+](=O)[O-])cc(S(=O)(=O)N[C@H]2CCCc3occc32)c1C. The number of rotatable bonds is 4. The smallest absolute Gasteiger partial charge is 0.271 e. The van der Waals surface area contributed by atoms with E-state index in [1.807, 2.05) is 0 Å². The molecule has 1 aromatic heterocycles. The number of nitrogens with one attached hydrogen (secondary N) is 1. The number of fused-ring (bicyclic) bond motifs is 1. The van der Waals surface area contributed by atoms with Gasteiger partial charge in [-0.25, -0.2) is 13.1 Å². The first-order valence-corrected chi connectivity index (χ1v) is 9.12. The second-order valence-electron chi connectivity index (χ2n) is 6.01. The van der Waals surface area contributed by atoms with Gasteiger partial charge in [0.15, 0.2) is 0 Å². The summed E-state index contributed by atoms with van der Waals surface area (Å²) in [7, 11) is -3.89. The van der Waals surface area contributed by atoms with Crippen molar-refractivity contribution in [1.29, 1.82) is 0 Å². The molecule has 7 nitrogen and oxygen atoms in total. The van der Waals surface area contributed by atoms with Crippen molar-refractivity contribution in [1.82, 2.24) is 4.72 Å². The Balaban J connectivity index is 1.99. The van der Waals surface area contributed by atoms with Gasteiger partial charge in [-0.3, -0.25) is 10.1 Å². The fourth-order valence-corrected chi connectivity index (χ4v) is 4.64. The van der Waals surface area contributed by atoms with Gasteiger partial charge in [-0.2, -0.15) is 0 Å². The van der Waals surface area contributed by atoms with Gasteiger partial charge in [0.05, 0.1) is 22.1 Å². The number of sulfonamides is 1. The highest BCUT2D eigenvalue weighted by Crippen LogP contribution is 2.33. The van der Waals surface area contributed by atoms with Crippen molar-refractivity contribution in [3.05, 3.63) is 57.0 Å². The Morgan fingerprint density at radius 3 is 2.79 bits per heavy atom. The summed E-state index contributed by atoms with van der Waals surface area (Å²) in [5.74, 6) is 0.792. The topological polar surface area (TPSA) is 102 Å². The number of aryl methyl sites for hydroxylation is 2. The molecule has 1 atom stereocenters. The van der Waals surface area contributed by atoms with E-state index in [1.54, 1.807) is 26.2 Å². The van der Waals surface area contributed by atoms with Gasteiger partial charge in [0.2, 0.25) is 10.0 Å². The van der Waals surface area contributed by atoms with Crippen LogP contribution in [0.2, 0.25) is 0 Å². The maximum atomic E-state index is 12.8. The van der Waals surface area contributed by atoms with Crippen molar-refractivity contribution in [3.8, 4) is 0 Å². The summed E-state index contributed by atoms with van der Waals surface area (Å²) in [6.07, 6.45) is 3.83. The molecule has 3 rings (SSSR count). The van der Waals surface area contributed by atoms with Crippen molar-refractivity contribution < 1.29 is 17.8 Å². The molecule has 1 aromatic carbocycles. The van der Waals surface area contributed by atoms with Gasteiger partial charge in [0.1, 0.15) is 5.76 Å². The number of nitro benzene ring substituents is 1. The maximum Gasteiger partial charge on any atom is 0.271 e. The Hall–Kier alpha value is -2.19. The van der Waals surface area contributed by atoms with Crippen molar-refractivity contribution in [2.75, 3.05) is 0 Å². The molecule has 0 fully saturated rings. The summed E-state index contributed by atoms with van der Waals surface area (Å²) in [4.78, 5) is 10.4. The molecule has 0 saturated heterocycles. The Morgan fingerprint density at radius 1 is 1.33 bits per heavy atom. The molecule has 0 amide bonds. The molecule has 0 bridgehead atoms. The van der Waals surface area contributed by atoms with E-state index >= 15 is 0 Å². The molecular weight excluding hydrogens is 332 g/mol. The lowest BCUT2D eigenvalue weighted by molar-refractivity contribution is -0.385. The molecule has 1 aliphatic rings. The van der Waals surface area contributed by atoms with Gasteiger partial charge in [-0.15, -0.1) is 0 Å². The second-order valence-corrected chi connectivity index (χ2v) is 7.69. The van der Waals surface area contributed by atoms with Crippen LogP contribution >= 0.6 is 0 Å². The largest absolute Gasteiger partial charge is 0.469 e. The van der Waals surface area contributed by atoms with Gasteiger partial charge in [0, 0.05) is 24.1 Å². The minimum Gasteiger partial charge on any atom is -0.469 e. The molecule has 0 aliphatic heterocycles. The van der Waals surface area contributed by atoms with Crippen LogP contribution in [-0.4, -0.2) is 13.3 Å². The Morgan fingerprint density at radius 2 is 2.08 bits per heavy atom. The second kappa shape index (κ2) is 6.03.